The van der Waals surface area contributed by atoms with Gasteiger partial charge in [-0.05, 0) is 72.1 Å². The van der Waals surface area contributed by atoms with Crippen molar-refractivity contribution in [1.29, 1.82) is 0 Å². The molecule has 4 aliphatic rings. The topological polar surface area (TPSA) is 93.7 Å². The van der Waals surface area contributed by atoms with E-state index in [1.165, 1.54) is 0 Å². The molecule has 0 aromatic heterocycles. The Morgan fingerprint density at radius 3 is 2.00 bits per heavy atom. The molecule has 0 spiro atoms. The Hall–Kier alpha value is -1.84. The van der Waals surface area contributed by atoms with Crippen molar-refractivity contribution in [2.45, 2.75) is 95.7 Å². The third-order valence-electron chi connectivity index (χ3n) is 6.77. The van der Waals surface area contributed by atoms with Gasteiger partial charge in [0.25, 0.3) is 0 Å². The van der Waals surface area contributed by atoms with Crippen molar-refractivity contribution < 1.29 is 37.0 Å². The first-order chi connectivity index (χ1) is 14.2. The van der Waals surface area contributed by atoms with Crippen molar-refractivity contribution in [3.05, 3.63) is 0 Å². The molecule has 0 radical (unpaired) electrons. The van der Waals surface area contributed by atoms with Gasteiger partial charge in [-0.3, -0.25) is 14.3 Å². The van der Waals surface area contributed by atoms with E-state index in [-0.39, 0.29) is 36.6 Å². The quantitative estimate of drug-likeness (QED) is 0.648. The van der Waals surface area contributed by atoms with Crippen molar-refractivity contribution in [3.8, 4) is 0 Å². The number of hydrogen-bond acceptors (Lipinski definition) is 5. The summed E-state index contributed by atoms with van der Waals surface area (Å²) in [6, 6.07) is 0. The molecule has 0 heterocycles. The molecule has 2 amide bonds. The molecule has 0 atom stereocenters. The number of ether oxygens (including phenoxy) is 2. The summed E-state index contributed by atoms with van der Waals surface area (Å²) in [6.45, 7) is 5.23. The number of rotatable bonds is 6. The molecule has 0 saturated heterocycles. The Balaban J connectivity index is 1.43. The van der Waals surface area contributed by atoms with Gasteiger partial charge in [0.05, 0.1) is 12.6 Å². The van der Waals surface area contributed by atoms with Gasteiger partial charge in [-0.25, -0.2) is 4.79 Å². The molecule has 0 unspecified atom stereocenters. The number of carbonyl (C=O) groups excluding carboxylic acids is 3. The van der Waals surface area contributed by atoms with Gasteiger partial charge in [-0.1, -0.05) is 0 Å². The number of alkyl carbamates (subject to hydrolysis) is 1. The minimum Gasteiger partial charge on any atom is -0.444 e. The number of nitrogens with one attached hydrogen (secondary N) is 2. The van der Waals surface area contributed by atoms with Gasteiger partial charge in [0.1, 0.15) is 5.60 Å². The van der Waals surface area contributed by atoms with E-state index in [2.05, 4.69) is 15.4 Å². The smallest absolute Gasteiger partial charge is 0.444 e. The molecule has 2 bridgehead atoms. The molecule has 4 saturated carbocycles. The summed E-state index contributed by atoms with van der Waals surface area (Å²) < 4.78 is 45.8. The zero-order chi connectivity index (χ0) is 23.1. The second-order valence-electron chi connectivity index (χ2n) is 10.2. The Morgan fingerprint density at radius 1 is 0.968 bits per heavy atom. The maximum Gasteiger partial charge on any atom is 0.522 e. The zero-order valence-electron chi connectivity index (χ0n) is 18.2. The van der Waals surface area contributed by atoms with Gasteiger partial charge in [0.2, 0.25) is 5.91 Å². The molecule has 10 heteroatoms. The molecule has 4 aliphatic carbocycles. The standard InChI is InChI=1S/C21H31F3N2O5/c1-18(2,3)31-17(29)26-20-7-4-19(5-8-20,6-9-20)16(28)25-12-15(27)13-10-14(11-13)30-21(22,23)24/h13-14H,4-12H2,1-3H3,(H,25,28)(H,26,29). The van der Waals surface area contributed by atoms with Crippen molar-refractivity contribution in [3.63, 3.8) is 0 Å². The Kier molecular flexibility index (Phi) is 6.34. The Labute approximate surface area is 179 Å². The van der Waals surface area contributed by atoms with E-state index in [0.717, 1.165) is 0 Å². The number of Topliss-reactive ketones (excluding diaryl/α,β-unsaturated/α-hetero) is 1. The van der Waals surface area contributed by atoms with Crippen LogP contribution in [0.3, 0.4) is 0 Å². The van der Waals surface area contributed by atoms with Crippen molar-refractivity contribution in [2.75, 3.05) is 6.54 Å². The predicted octanol–water partition coefficient (Wildman–Crippen LogP) is 3.60. The molecular formula is C21H31F3N2O5. The predicted molar refractivity (Wildman–Crippen MR) is 104 cm³/mol. The first-order valence-corrected chi connectivity index (χ1v) is 10.8. The highest BCUT2D eigenvalue weighted by Crippen LogP contribution is 2.52. The Morgan fingerprint density at radius 2 is 1.52 bits per heavy atom. The lowest BCUT2D eigenvalue weighted by atomic mass is 9.57. The van der Waals surface area contributed by atoms with Crippen LogP contribution in [-0.2, 0) is 19.1 Å². The van der Waals surface area contributed by atoms with Crippen molar-refractivity contribution in [2.24, 2.45) is 11.3 Å². The third kappa shape index (κ3) is 5.90. The van der Waals surface area contributed by atoms with Gasteiger partial charge in [0, 0.05) is 16.9 Å². The zero-order valence-corrected chi connectivity index (χ0v) is 18.2. The molecule has 0 aromatic rings. The second-order valence-corrected chi connectivity index (χ2v) is 10.2. The van der Waals surface area contributed by atoms with E-state index >= 15 is 0 Å². The van der Waals surface area contributed by atoms with Crippen LogP contribution in [-0.4, -0.2) is 47.9 Å². The number of carbonyl (C=O) groups is 3. The van der Waals surface area contributed by atoms with Gasteiger partial charge < -0.3 is 15.4 Å². The van der Waals surface area contributed by atoms with Crippen molar-refractivity contribution >= 4 is 17.8 Å². The summed E-state index contributed by atoms with van der Waals surface area (Å²) >= 11 is 0. The number of amides is 2. The highest BCUT2D eigenvalue weighted by molar-refractivity contribution is 5.90. The second kappa shape index (κ2) is 8.26. The molecule has 2 N–H and O–H groups in total. The number of halogens is 3. The lowest BCUT2D eigenvalue weighted by Crippen LogP contribution is -2.60. The average molecular weight is 448 g/mol. The lowest BCUT2D eigenvalue weighted by Gasteiger charge is -2.52. The molecule has 4 rings (SSSR count). The van der Waals surface area contributed by atoms with E-state index in [4.69, 9.17) is 4.74 Å². The van der Waals surface area contributed by atoms with E-state index in [1.54, 1.807) is 20.8 Å². The van der Waals surface area contributed by atoms with Crippen LogP contribution in [0.5, 0.6) is 0 Å². The summed E-state index contributed by atoms with van der Waals surface area (Å²) in [7, 11) is 0. The van der Waals surface area contributed by atoms with E-state index in [9.17, 15) is 27.6 Å². The molecule has 4 fully saturated rings. The highest BCUT2D eigenvalue weighted by atomic mass is 19.4. The van der Waals surface area contributed by atoms with Crippen LogP contribution in [0.15, 0.2) is 0 Å². The number of fused-ring (bicyclic) bond motifs is 3. The normalized spacial score (nSPS) is 32.7. The van der Waals surface area contributed by atoms with Crippen molar-refractivity contribution in [1.82, 2.24) is 10.6 Å². The summed E-state index contributed by atoms with van der Waals surface area (Å²) in [5, 5.41) is 5.70. The summed E-state index contributed by atoms with van der Waals surface area (Å²) in [5.74, 6) is -0.957. The molecule has 7 nitrogen and oxygen atoms in total. The van der Waals surface area contributed by atoms with Gasteiger partial charge >= 0.3 is 12.5 Å². The maximum atomic E-state index is 12.8. The Bertz CT molecular complexity index is 701. The fraction of sp³-hybridized carbons (Fsp3) is 0.857. The monoisotopic (exact) mass is 448 g/mol. The summed E-state index contributed by atoms with van der Waals surface area (Å²) in [5.41, 5.74) is -1.50. The maximum absolute atomic E-state index is 12.8. The van der Waals surface area contributed by atoms with Crippen LogP contribution in [0.4, 0.5) is 18.0 Å². The highest BCUT2D eigenvalue weighted by Gasteiger charge is 2.53. The van der Waals surface area contributed by atoms with Crippen LogP contribution >= 0.6 is 0 Å². The lowest BCUT2D eigenvalue weighted by molar-refractivity contribution is -0.353. The van der Waals surface area contributed by atoms with E-state index in [1.807, 2.05) is 0 Å². The number of alkyl halides is 3. The van der Waals surface area contributed by atoms with Gasteiger partial charge in [-0.2, -0.15) is 0 Å². The van der Waals surface area contributed by atoms with E-state index in [0.29, 0.717) is 38.5 Å². The van der Waals surface area contributed by atoms with Crippen LogP contribution in [0, 0.1) is 11.3 Å². The average Bonchev–Trinajstić information content (AvgIpc) is 2.61. The molecule has 176 valence electrons. The van der Waals surface area contributed by atoms with Crippen LogP contribution < -0.4 is 10.6 Å². The summed E-state index contributed by atoms with van der Waals surface area (Å²) in [4.78, 5) is 37.2. The number of ketones is 1. The summed E-state index contributed by atoms with van der Waals surface area (Å²) in [6.07, 6.45) is -2.28. The molecule has 31 heavy (non-hydrogen) atoms. The van der Waals surface area contributed by atoms with E-state index < -0.39 is 35.5 Å². The molecular weight excluding hydrogens is 417 g/mol. The molecule has 0 aliphatic heterocycles. The van der Waals surface area contributed by atoms with Crippen LogP contribution in [0.1, 0.15) is 72.1 Å². The molecule has 0 aromatic carbocycles. The van der Waals surface area contributed by atoms with Crippen LogP contribution in [0.25, 0.3) is 0 Å². The fourth-order valence-electron chi connectivity index (χ4n) is 4.85. The number of hydrogen-bond donors (Lipinski definition) is 2. The minimum absolute atomic E-state index is 0.0260. The SMILES string of the molecule is CC(C)(C)OC(=O)NC12CCC(C(=O)NCC(=O)C3CC(OC(F)(F)F)C3)(CC1)CC2. The third-order valence-corrected chi connectivity index (χ3v) is 6.77. The first-order valence-electron chi connectivity index (χ1n) is 10.8. The minimum atomic E-state index is -4.69. The van der Waals surface area contributed by atoms with Gasteiger partial charge in [0.15, 0.2) is 5.78 Å². The fourth-order valence-corrected chi connectivity index (χ4v) is 4.85. The van der Waals surface area contributed by atoms with Crippen LogP contribution in [0.2, 0.25) is 0 Å². The van der Waals surface area contributed by atoms with Gasteiger partial charge in [-0.15, -0.1) is 13.2 Å². The largest absolute Gasteiger partial charge is 0.522 e. The first kappa shape index (κ1) is 23.8.